The second-order valence-corrected chi connectivity index (χ2v) is 5.02. The number of piperidine rings is 1. The third kappa shape index (κ3) is 3.90. The van der Waals surface area contributed by atoms with Crippen LogP contribution >= 0.6 is 0 Å². The van der Waals surface area contributed by atoms with Gasteiger partial charge in [0.15, 0.2) is 11.6 Å². The molecule has 0 saturated carbocycles. The second kappa shape index (κ2) is 6.67. The van der Waals surface area contributed by atoms with E-state index in [4.69, 9.17) is 0 Å². The van der Waals surface area contributed by atoms with Gasteiger partial charge in [0.2, 0.25) is 11.8 Å². The fourth-order valence-electron chi connectivity index (χ4n) is 2.18. The molecule has 1 aliphatic heterocycles. The molecule has 1 aliphatic rings. The van der Waals surface area contributed by atoms with Crippen molar-refractivity contribution in [3.8, 4) is 5.75 Å². The summed E-state index contributed by atoms with van der Waals surface area (Å²) < 4.78 is 41.6. The first-order valence-electron chi connectivity index (χ1n) is 6.66. The van der Waals surface area contributed by atoms with Gasteiger partial charge in [0.05, 0.1) is 0 Å². The first-order valence-corrected chi connectivity index (χ1v) is 6.66. The Kier molecular flexibility index (Phi) is 4.89. The summed E-state index contributed by atoms with van der Waals surface area (Å²) in [5.41, 5.74) is 0.121. The van der Waals surface area contributed by atoms with E-state index in [2.05, 4.69) is 10.1 Å². The number of nitrogens with one attached hydrogen (secondary N) is 1. The predicted molar refractivity (Wildman–Crippen MR) is 72.0 cm³/mol. The van der Waals surface area contributed by atoms with Crippen LogP contribution in [-0.2, 0) is 9.59 Å². The molecule has 2 amide bonds. The Morgan fingerprint density at radius 3 is 2.77 bits per heavy atom. The zero-order valence-corrected chi connectivity index (χ0v) is 11.8. The number of carbonyl (C=O) groups is 2. The maximum Gasteiger partial charge on any atom is 0.387 e. The molecule has 1 unspecified atom stereocenters. The van der Waals surface area contributed by atoms with E-state index < -0.39 is 30.0 Å². The van der Waals surface area contributed by atoms with Gasteiger partial charge < -0.3 is 15.0 Å². The number of hydrogen-bond donors (Lipinski definition) is 1. The fraction of sp³-hybridized carbons (Fsp3) is 0.429. The molecule has 1 saturated heterocycles. The number of ether oxygens (including phenoxy) is 1. The van der Waals surface area contributed by atoms with E-state index in [1.807, 2.05) is 0 Å². The Morgan fingerprint density at radius 2 is 2.18 bits per heavy atom. The van der Waals surface area contributed by atoms with Gasteiger partial charge in [-0.1, -0.05) is 0 Å². The lowest BCUT2D eigenvalue weighted by Gasteiger charge is -2.27. The Labute approximate surface area is 125 Å². The Hall–Kier alpha value is -2.25. The third-order valence-corrected chi connectivity index (χ3v) is 3.45. The van der Waals surface area contributed by atoms with Gasteiger partial charge in [0.1, 0.15) is 0 Å². The van der Waals surface area contributed by atoms with Crippen molar-refractivity contribution in [3.63, 3.8) is 0 Å². The lowest BCUT2D eigenvalue weighted by atomic mass is 9.95. The summed E-state index contributed by atoms with van der Waals surface area (Å²) in [6.07, 6.45) is 0.612. The van der Waals surface area contributed by atoms with Crippen LogP contribution in [-0.4, -0.2) is 36.9 Å². The van der Waals surface area contributed by atoms with E-state index >= 15 is 0 Å². The molecule has 1 aromatic rings. The van der Waals surface area contributed by atoms with Crippen molar-refractivity contribution in [1.82, 2.24) is 4.90 Å². The maximum atomic E-state index is 13.5. The first kappa shape index (κ1) is 16.1. The molecule has 0 aromatic heterocycles. The zero-order valence-electron chi connectivity index (χ0n) is 11.8. The molecule has 1 atom stereocenters. The summed E-state index contributed by atoms with van der Waals surface area (Å²) in [5, 5.41) is 2.48. The van der Waals surface area contributed by atoms with E-state index in [1.165, 1.54) is 6.07 Å². The number of hydrogen-bond acceptors (Lipinski definition) is 3. The van der Waals surface area contributed by atoms with Crippen molar-refractivity contribution in [2.24, 2.45) is 5.92 Å². The third-order valence-electron chi connectivity index (χ3n) is 3.45. The highest BCUT2D eigenvalue weighted by Crippen LogP contribution is 2.24. The van der Waals surface area contributed by atoms with Gasteiger partial charge in [-0.2, -0.15) is 8.78 Å². The molecule has 5 nitrogen and oxygen atoms in total. The molecule has 8 heteroatoms. The molecule has 0 aliphatic carbocycles. The van der Waals surface area contributed by atoms with E-state index in [0.29, 0.717) is 13.0 Å². The Morgan fingerprint density at radius 1 is 1.45 bits per heavy atom. The first-order chi connectivity index (χ1) is 10.4. The summed E-state index contributed by atoms with van der Waals surface area (Å²) in [7, 11) is 1.66. The van der Waals surface area contributed by atoms with E-state index in [0.717, 1.165) is 12.1 Å². The van der Waals surface area contributed by atoms with Gasteiger partial charge in [0, 0.05) is 37.7 Å². The summed E-state index contributed by atoms with van der Waals surface area (Å²) in [6.45, 7) is -2.65. The number of amides is 2. The molecule has 1 heterocycles. The van der Waals surface area contributed by atoms with Gasteiger partial charge in [-0.3, -0.25) is 9.59 Å². The van der Waals surface area contributed by atoms with Crippen LogP contribution in [0.25, 0.3) is 0 Å². The van der Waals surface area contributed by atoms with Crippen molar-refractivity contribution in [1.29, 1.82) is 0 Å². The molecular formula is C14H15F3N2O3. The van der Waals surface area contributed by atoms with E-state index in [1.54, 1.807) is 11.9 Å². The average Bonchev–Trinajstić information content (AvgIpc) is 2.44. The summed E-state index contributed by atoms with van der Waals surface area (Å²) >= 11 is 0. The molecule has 2 rings (SSSR count). The minimum absolute atomic E-state index is 0.0946. The number of halogens is 3. The van der Waals surface area contributed by atoms with Crippen molar-refractivity contribution in [3.05, 3.63) is 24.0 Å². The van der Waals surface area contributed by atoms with Crippen LogP contribution in [0.2, 0.25) is 0 Å². The molecule has 0 spiro atoms. The minimum Gasteiger partial charge on any atom is -0.432 e. The Balaban J connectivity index is 2.00. The molecule has 120 valence electrons. The van der Waals surface area contributed by atoms with Gasteiger partial charge in [-0.15, -0.1) is 0 Å². The van der Waals surface area contributed by atoms with Crippen LogP contribution in [0.1, 0.15) is 12.8 Å². The number of carbonyl (C=O) groups excluding carboxylic acids is 2. The van der Waals surface area contributed by atoms with Crippen LogP contribution < -0.4 is 10.1 Å². The van der Waals surface area contributed by atoms with Crippen LogP contribution in [0.4, 0.5) is 18.9 Å². The SMILES string of the molecule is CN1CCC(C(=O)Nc2ccc(OC(F)F)c(F)c2)CC1=O. The van der Waals surface area contributed by atoms with Crippen molar-refractivity contribution in [2.75, 3.05) is 18.9 Å². The minimum atomic E-state index is -3.12. The normalized spacial score (nSPS) is 18.5. The number of alkyl halides is 2. The van der Waals surface area contributed by atoms with Gasteiger partial charge in [0.25, 0.3) is 0 Å². The van der Waals surface area contributed by atoms with E-state index in [9.17, 15) is 22.8 Å². The number of rotatable bonds is 4. The molecule has 1 N–H and O–H groups in total. The number of nitrogens with zero attached hydrogens (tertiary/aromatic N) is 1. The number of anilines is 1. The predicted octanol–water partition coefficient (Wildman–Crippen LogP) is 2.23. The molecule has 0 radical (unpaired) electrons. The molecule has 0 bridgehead atoms. The monoisotopic (exact) mass is 316 g/mol. The quantitative estimate of drug-likeness (QED) is 0.927. The van der Waals surface area contributed by atoms with Gasteiger partial charge in [-0.25, -0.2) is 4.39 Å². The lowest BCUT2D eigenvalue weighted by molar-refractivity contribution is -0.137. The number of benzene rings is 1. The van der Waals surface area contributed by atoms with Crippen LogP contribution in [0.15, 0.2) is 18.2 Å². The highest BCUT2D eigenvalue weighted by Gasteiger charge is 2.28. The summed E-state index contributed by atoms with van der Waals surface area (Å²) in [4.78, 5) is 25.1. The summed E-state index contributed by atoms with van der Waals surface area (Å²) in [5.74, 6) is -2.61. The molecule has 1 fully saturated rings. The highest BCUT2D eigenvalue weighted by molar-refractivity contribution is 5.95. The maximum absolute atomic E-state index is 13.5. The average molecular weight is 316 g/mol. The van der Waals surface area contributed by atoms with Crippen LogP contribution in [0.3, 0.4) is 0 Å². The lowest BCUT2D eigenvalue weighted by Crippen LogP contribution is -2.39. The molecular weight excluding hydrogens is 301 g/mol. The molecule has 22 heavy (non-hydrogen) atoms. The van der Waals surface area contributed by atoms with Gasteiger partial charge >= 0.3 is 6.61 Å². The largest absolute Gasteiger partial charge is 0.432 e. The van der Waals surface area contributed by atoms with Crippen molar-refractivity contribution < 1.29 is 27.5 Å². The standard InChI is InChI=1S/C14H15F3N2O3/c1-19-5-4-8(6-12(19)20)13(21)18-9-2-3-11(10(15)7-9)22-14(16)17/h2-3,7-8,14H,4-6H2,1H3,(H,18,21). The zero-order chi connectivity index (χ0) is 16.3. The number of likely N-dealkylation sites (tertiary alicyclic amines) is 1. The smallest absolute Gasteiger partial charge is 0.387 e. The van der Waals surface area contributed by atoms with Crippen molar-refractivity contribution in [2.45, 2.75) is 19.5 Å². The van der Waals surface area contributed by atoms with E-state index in [-0.39, 0.29) is 18.0 Å². The van der Waals surface area contributed by atoms with Crippen molar-refractivity contribution >= 4 is 17.5 Å². The Bertz CT molecular complexity index is 580. The fourth-order valence-corrected chi connectivity index (χ4v) is 2.18. The highest BCUT2D eigenvalue weighted by atomic mass is 19.3. The van der Waals surface area contributed by atoms with Gasteiger partial charge in [-0.05, 0) is 18.6 Å². The van der Waals surface area contributed by atoms with Crippen LogP contribution in [0, 0.1) is 11.7 Å². The summed E-state index contributed by atoms with van der Waals surface area (Å²) in [6, 6.07) is 3.17. The second-order valence-electron chi connectivity index (χ2n) is 5.02. The molecule has 1 aromatic carbocycles. The topological polar surface area (TPSA) is 58.6 Å². The van der Waals surface area contributed by atoms with Crippen LogP contribution in [0.5, 0.6) is 5.75 Å².